The predicted molar refractivity (Wildman–Crippen MR) is 94.4 cm³/mol. The molecule has 13 heteroatoms. The number of nitrogens with zero attached hydrogens (tertiary/aromatic N) is 3. The second-order valence-corrected chi connectivity index (χ2v) is 8.73. The monoisotopic (exact) mass is 414 g/mol. The number of rotatable bonds is 7. The molecule has 2 heterocycles. The molecule has 9 nitrogen and oxygen atoms in total. The molecule has 0 aliphatic carbocycles. The molecule has 0 saturated carbocycles. The summed E-state index contributed by atoms with van der Waals surface area (Å²) < 4.78 is 21.5. The largest absolute Gasteiger partial charge is 0.383 e. The van der Waals surface area contributed by atoms with Crippen LogP contribution in [0.5, 0.6) is 0 Å². The van der Waals surface area contributed by atoms with Gasteiger partial charge in [0.25, 0.3) is 0 Å². The Hall–Kier alpha value is -0.550. The molecule has 1 saturated heterocycles. The number of nitrogen functional groups attached to an aromatic ring is 1. The number of carbonyl (C=O) groups excluding carboxylic acids is 1. The Morgan fingerprint density at radius 3 is 2.92 bits per heavy atom. The lowest BCUT2D eigenvalue weighted by Crippen LogP contribution is -2.36. The SMILES string of the molecule is CSc1c(N)nc(Cl)nc1N(C=O)C1CCC(COP(=O)(O)S)O1. The highest BCUT2D eigenvalue weighted by atomic mass is 35.5. The Bertz CT molecular complexity index is 664. The first-order valence-electron chi connectivity index (χ1n) is 6.71. The summed E-state index contributed by atoms with van der Waals surface area (Å²) in [5.74, 6) is 0.419. The van der Waals surface area contributed by atoms with Crippen molar-refractivity contribution in [3.63, 3.8) is 0 Å². The van der Waals surface area contributed by atoms with Gasteiger partial charge in [-0.15, -0.1) is 11.8 Å². The van der Waals surface area contributed by atoms with E-state index in [9.17, 15) is 9.36 Å². The molecule has 1 aromatic rings. The maximum atomic E-state index is 11.6. The lowest BCUT2D eigenvalue weighted by atomic mass is 10.2. The summed E-state index contributed by atoms with van der Waals surface area (Å²) >= 11 is 10.5. The molecule has 2 rings (SSSR count). The molecule has 1 fully saturated rings. The minimum Gasteiger partial charge on any atom is -0.383 e. The first kappa shape index (κ1) is 19.8. The number of anilines is 2. The summed E-state index contributed by atoms with van der Waals surface area (Å²) in [6, 6.07) is 0. The van der Waals surface area contributed by atoms with Crippen molar-refractivity contribution in [2.24, 2.45) is 0 Å². The van der Waals surface area contributed by atoms with Crippen LogP contribution in [0.4, 0.5) is 11.6 Å². The standard InChI is InChI=1S/C11H16ClN4O5PS2/c1-24-8-9(13)14-11(12)15-10(8)16(5-17)7-3-2-6(21-7)4-20-22(18,19)23/h5-7H,2-4H2,1H3,(H2,13,14,15)(H2,18,19,23). The van der Waals surface area contributed by atoms with E-state index in [0.717, 1.165) is 0 Å². The molecule has 1 aromatic heterocycles. The van der Waals surface area contributed by atoms with Gasteiger partial charge in [-0.05, 0) is 30.7 Å². The number of amides is 1. The van der Waals surface area contributed by atoms with Gasteiger partial charge >= 0.3 is 6.80 Å². The zero-order chi connectivity index (χ0) is 17.9. The van der Waals surface area contributed by atoms with E-state index in [1.807, 2.05) is 0 Å². The first-order valence-corrected chi connectivity index (χ1v) is 11.0. The summed E-state index contributed by atoms with van der Waals surface area (Å²) in [6.45, 7) is -3.99. The number of carbonyl (C=O) groups is 1. The summed E-state index contributed by atoms with van der Waals surface area (Å²) in [5.41, 5.74) is 5.82. The number of thioether (sulfide) groups is 1. The molecule has 1 aliphatic heterocycles. The quantitative estimate of drug-likeness (QED) is 0.201. The Morgan fingerprint density at radius 1 is 1.62 bits per heavy atom. The Kier molecular flexibility index (Phi) is 6.77. The third kappa shape index (κ3) is 4.98. The van der Waals surface area contributed by atoms with Gasteiger partial charge in [-0.1, -0.05) is 12.2 Å². The highest BCUT2D eigenvalue weighted by Gasteiger charge is 2.33. The second-order valence-electron chi connectivity index (χ2n) is 4.82. The van der Waals surface area contributed by atoms with E-state index in [4.69, 9.17) is 31.5 Å². The van der Waals surface area contributed by atoms with Crippen LogP contribution in [0.25, 0.3) is 0 Å². The predicted octanol–water partition coefficient (Wildman–Crippen LogP) is 1.95. The van der Waals surface area contributed by atoms with Gasteiger partial charge in [0.05, 0.1) is 17.6 Å². The lowest BCUT2D eigenvalue weighted by molar-refractivity contribution is -0.110. The maximum absolute atomic E-state index is 11.6. The van der Waals surface area contributed by atoms with Crippen molar-refractivity contribution in [1.82, 2.24) is 9.97 Å². The number of ether oxygens (including phenoxy) is 1. The molecule has 3 atom stereocenters. The second kappa shape index (κ2) is 8.22. The van der Waals surface area contributed by atoms with Gasteiger partial charge in [-0.3, -0.25) is 14.2 Å². The average Bonchev–Trinajstić information content (AvgIpc) is 2.94. The summed E-state index contributed by atoms with van der Waals surface area (Å²) in [4.78, 5) is 30.3. The molecule has 1 aliphatic rings. The molecular formula is C11H16ClN4O5PS2. The minimum atomic E-state index is -3.88. The number of halogens is 1. The van der Waals surface area contributed by atoms with E-state index in [1.165, 1.54) is 16.7 Å². The molecule has 3 unspecified atom stereocenters. The van der Waals surface area contributed by atoms with Crippen LogP contribution in [0, 0.1) is 0 Å². The van der Waals surface area contributed by atoms with Crippen LogP contribution in [0.1, 0.15) is 12.8 Å². The van der Waals surface area contributed by atoms with Crippen molar-refractivity contribution < 1.29 is 23.5 Å². The topological polar surface area (TPSA) is 128 Å². The third-order valence-corrected chi connectivity index (χ3v) is 5.03. The normalized spacial score (nSPS) is 23.0. The molecule has 24 heavy (non-hydrogen) atoms. The fourth-order valence-electron chi connectivity index (χ4n) is 2.25. The Morgan fingerprint density at radius 2 is 2.33 bits per heavy atom. The molecule has 0 bridgehead atoms. The van der Waals surface area contributed by atoms with Crippen LogP contribution in [0.3, 0.4) is 0 Å². The van der Waals surface area contributed by atoms with Gasteiger partial charge in [0.1, 0.15) is 12.0 Å². The van der Waals surface area contributed by atoms with Crippen LogP contribution >= 0.6 is 42.4 Å². The van der Waals surface area contributed by atoms with Crippen molar-refractivity contribution in [2.45, 2.75) is 30.1 Å². The highest BCUT2D eigenvalue weighted by Crippen LogP contribution is 2.47. The van der Waals surface area contributed by atoms with Crippen LogP contribution in [-0.4, -0.2) is 46.5 Å². The van der Waals surface area contributed by atoms with Gasteiger partial charge in [-0.2, -0.15) is 9.97 Å². The Labute approximate surface area is 152 Å². The number of hydrogen-bond donors (Lipinski definition) is 3. The molecule has 3 N–H and O–H groups in total. The van der Waals surface area contributed by atoms with Crippen LogP contribution in [-0.2, 0) is 18.6 Å². The summed E-state index contributed by atoms with van der Waals surface area (Å²) in [7, 11) is 0. The van der Waals surface area contributed by atoms with Crippen LogP contribution < -0.4 is 10.6 Å². The number of hydrogen-bond acceptors (Lipinski definition) is 8. The van der Waals surface area contributed by atoms with Crippen molar-refractivity contribution in [3.05, 3.63) is 5.28 Å². The Balaban J connectivity index is 2.16. The van der Waals surface area contributed by atoms with Gasteiger partial charge in [0.15, 0.2) is 5.82 Å². The van der Waals surface area contributed by atoms with Gasteiger partial charge in [0, 0.05) is 0 Å². The number of thiol groups is 1. The molecule has 134 valence electrons. The van der Waals surface area contributed by atoms with Gasteiger partial charge in [-0.25, -0.2) is 4.57 Å². The third-order valence-electron chi connectivity index (χ3n) is 3.23. The minimum absolute atomic E-state index is 0.0821. The lowest BCUT2D eigenvalue weighted by Gasteiger charge is -2.25. The van der Waals surface area contributed by atoms with Crippen molar-refractivity contribution in [1.29, 1.82) is 0 Å². The molecular weight excluding hydrogens is 399 g/mol. The van der Waals surface area contributed by atoms with Crippen molar-refractivity contribution >= 4 is 60.5 Å². The van der Waals surface area contributed by atoms with E-state index < -0.39 is 19.1 Å². The van der Waals surface area contributed by atoms with E-state index >= 15 is 0 Å². The average molecular weight is 415 g/mol. The fourth-order valence-corrected chi connectivity index (χ4v) is 3.57. The van der Waals surface area contributed by atoms with E-state index in [-0.39, 0.29) is 23.5 Å². The first-order chi connectivity index (χ1) is 11.2. The zero-order valence-corrected chi connectivity index (χ0v) is 15.9. The fraction of sp³-hybridized carbons (Fsp3) is 0.545. The van der Waals surface area contributed by atoms with E-state index in [1.54, 1.807) is 6.26 Å². The highest BCUT2D eigenvalue weighted by molar-refractivity contribution is 8.44. The van der Waals surface area contributed by atoms with Crippen molar-refractivity contribution in [2.75, 3.05) is 23.5 Å². The molecule has 0 aromatic carbocycles. The molecule has 0 spiro atoms. The maximum Gasteiger partial charge on any atom is 0.383 e. The summed E-state index contributed by atoms with van der Waals surface area (Å²) in [5, 5.41) is -0.0821. The van der Waals surface area contributed by atoms with Gasteiger partial charge < -0.3 is 15.4 Å². The summed E-state index contributed by atoms with van der Waals surface area (Å²) in [6.07, 6.45) is 2.30. The molecule has 1 amide bonds. The molecule has 0 radical (unpaired) electrons. The van der Waals surface area contributed by atoms with E-state index in [2.05, 4.69) is 22.2 Å². The van der Waals surface area contributed by atoms with Crippen molar-refractivity contribution in [3.8, 4) is 0 Å². The smallest absolute Gasteiger partial charge is 0.383 e. The number of nitrogens with two attached hydrogens (primary N) is 1. The number of aromatic nitrogens is 2. The van der Waals surface area contributed by atoms with E-state index in [0.29, 0.717) is 24.1 Å². The van der Waals surface area contributed by atoms with Gasteiger partial charge in [0.2, 0.25) is 11.7 Å². The van der Waals surface area contributed by atoms with Crippen LogP contribution in [0.2, 0.25) is 5.28 Å². The van der Waals surface area contributed by atoms with Crippen LogP contribution in [0.15, 0.2) is 4.90 Å². The zero-order valence-electron chi connectivity index (χ0n) is 12.5.